The Morgan fingerprint density at radius 2 is 2.36 bits per heavy atom. The first-order chi connectivity index (χ1) is 5.24. The molecule has 0 saturated heterocycles. The van der Waals surface area contributed by atoms with Gasteiger partial charge in [-0.15, -0.1) is 0 Å². The standard InChI is InChI=1S/C8H14N2S/c1-6(2)8-5-7(3-4-9)11-10-8/h5-6H,3-4,9H2,1-2H3. The lowest BCUT2D eigenvalue weighted by atomic mass is 10.1. The molecule has 0 aliphatic carbocycles. The fraction of sp³-hybridized carbons (Fsp3) is 0.625. The highest BCUT2D eigenvalue weighted by molar-refractivity contribution is 7.05. The van der Waals surface area contributed by atoms with E-state index in [4.69, 9.17) is 5.73 Å². The van der Waals surface area contributed by atoms with Gasteiger partial charge in [-0.1, -0.05) is 13.8 Å². The van der Waals surface area contributed by atoms with Crippen molar-refractivity contribution in [1.29, 1.82) is 0 Å². The number of aromatic nitrogens is 1. The molecule has 1 aromatic heterocycles. The van der Waals surface area contributed by atoms with E-state index in [2.05, 4.69) is 24.3 Å². The third-order valence-electron chi connectivity index (χ3n) is 1.56. The van der Waals surface area contributed by atoms with Crippen LogP contribution in [0.3, 0.4) is 0 Å². The molecule has 0 bridgehead atoms. The number of hydrogen-bond donors (Lipinski definition) is 1. The van der Waals surface area contributed by atoms with Gasteiger partial charge in [0, 0.05) is 4.88 Å². The van der Waals surface area contributed by atoms with Crippen molar-refractivity contribution in [3.63, 3.8) is 0 Å². The molecule has 0 unspecified atom stereocenters. The van der Waals surface area contributed by atoms with Crippen molar-refractivity contribution >= 4 is 11.5 Å². The van der Waals surface area contributed by atoms with Gasteiger partial charge in [-0.05, 0) is 36.5 Å². The van der Waals surface area contributed by atoms with Crippen LogP contribution < -0.4 is 5.73 Å². The third-order valence-corrected chi connectivity index (χ3v) is 2.42. The molecule has 0 spiro atoms. The van der Waals surface area contributed by atoms with E-state index in [9.17, 15) is 0 Å². The predicted molar refractivity (Wildman–Crippen MR) is 49.0 cm³/mol. The first-order valence-corrected chi connectivity index (χ1v) is 4.67. The lowest BCUT2D eigenvalue weighted by molar-refractivity contribution is 0.838. The van der Waals surface area contributed by atoms with Crippen molar-refractivity contribution in [1.82, 2.24) is 4.37 Å². The van der Waals surface area contributed by atoms with Crippen LogP contribution in [0.5, 0.6) is 0 Å². The molecule has 1 heterocycles. The Bertz CT molecular complexity index is 218. The fourth-order valence-electron chi connectivity index (χ4n) is 0.861. The predicted octanol–water partition coefficient (Wildman–Crippen LogP) is 1.77. The summed E-state index contributed by atoms with van der Waals surface area (Å²) in [6, 6.07) is 2.15. The van der Waals surface area contributed by atoms with Crippen LogP contribution in [-0.4, -0.2) is 10.9 Å². The Balaban J connectivity index is 2.66. The first kappa shape index (κ1) is 8.68. The smallest absolute Gasteiger partial charge is 0.0570 e. The molecule has 1 rings (SSSR count). The van der Waals surface area contributed by atoms with Gasteiger partial charge >= 0.3 is 0 Å². The maximum atomic E-state index is 5.42. The van der Waals surface area contributed by atoms with Gasteiger partial charge in [-0.2, -0.15) is 4.37 Å². The number of hydrogen-bond acceptors (Lipinski definition) is 3. The second kappa shape index (κ2) is 3.83. The SMILES string of the molecule is CC(C)c1cc(CCN)sn1. The van der Waals surface area contributed by atoms with Crippen molar-refractivity contribution in [2.45, 2.75) is 26.2 Å². The lowest BCUT2D eigenvalue weighted by Crippen LogP contribution is -2.00. The zero-order chi connectivity index (χ0) is 8.27. The van der Waals surface area contributed by atoms with Crippen LogP contribution in [0.2, 0.25) is 0 Å². The van der Waals surface area contributed by atoms with Crippen molar-refractivity contribution in [2.24, 2.45) is 5.73 Å². The normalized spacial score (nSPS) is 10.9. The molecule has 2 N–H and O–H groups in total. The van der Waals surface area contributed by atoms with Gasteiger partial charge in [0.1, 0.15) is 0 Å². The summed E-state index contributed by atoms with van der Waals surface area (Å²) in [5.41, 5.74) is 6.62. The van der Waals surface area contributed by atoms with E-state index in [-0.39, 0.29) is 0 Å². The van der Waals surface area contributed by atoms with Crippen molar-refractivity contribution in [3.8, 4) is 0 Å². The van der Waals surface area contributed by atoms with E-state index in [1.807, 2.05) is 0 Å². The highest BCUT2D eigenvalue weighted by Crippen LogP contribution is 2.17. The van der Waals surface area contributed by atoms with Crippen LogP contribution in [0.1, 0.15) is 30.3 Å². The third kappa shape index (κ3) is 2.27. The Hall–Kier alpha value is -0.410. The van der Waals surface area contributed by atoms with Crippen LogP contribution in [0.4, 0.5) is 0 Å². The van der Waals surface area contributed by atoms with Gasteiger partial charge in [-0.3, -0.25) is 0 Å². The van der Waals surface area contributed by atoms with E-state index in [0.717, 1.165) is 13.0 Å². The Labute approximate surface area is 71.6 Å². The zero-order valence-electron chi connectivity index (χ0n) is 7.00. The molecule has 3 heteroatoms. The van der Waals surface area contributed by atoms with E-state index in [1.54, 1.807) is 11.5 Å². The lowest BCUT2D eigenvalue weighted by Gasteiger charge is -1.95. The molecule has 0 saturated carbocycles. The Kier molecular flexibility index (Phi) is 3.02. The average molecular weight is 170 g/mol. The summed E-state index contributed by atoms with van der Waals surface area (Å²) in [7, 11) is 0. The second-order valence-electron chi connectivity index (χ2n) is 2.91. The maximum absolute atomic E-state index is 5.42. The molecule has 1 aromatic rings. The van der Waals surface area contributed by atoms with Crippen LogP contribution in [0.15, 0.2) is 6.07 Å². The van der Waals surface area contributed by atoms with E-state index in [1.165, 1.54) is 10.6 Å². The minimum absolute atomic E-state index is 0.540. The molecule has 2 nitrogen and oxygen atoms in total. The summed E-state index contributed by atoms with van der Waals surface area (Å²) in [5.74, 6) is 0.540. The second-order valence-corrected chi connectivity index (χ2v) is 3.80. The molecular formula is C8H14N2S. The summed E-state index contributed by atoms with van der Waals surface area (Å²) in [4.78, 5) is 1.30. The van der Waals surface area contributed by atoms with Gasteiger partial charge in [0.05, 0.1) is 5.69 Å². The quantitative estimate of drug-likeness (QED) is 0.751. The van der Waals surface area contributed by atoms with Crippen molar-refractivity contribution < 1.29 is 0 Å². The fourth-order valence-corrected chi connectivity index (χ4v) is 1.73. The van der Waals surface area contributed by atoms with Crippen molar-refractivity contribution in [3.05, 3.63) is 16.6 Å². The van der Waals surface area contributed by atoms with Gasteiger partial charge in [0.15, 0.2) is 0 Å². The topological polar surface area (TPSA) is 38.9 Å². The Morgan fingerprint density at radius 3 is 2.82 bits per heavy atom. The molecule has 0 aliphatic rings. The molecule has 0 radical (unpaired) electrons. The van der Waals surface area contributed by atoms with Crippen LogP contribution in [-0.2, 0) is 6.42 Å². The maximum Gasteiger partial charge on any atom is 0.0570 e. The summed E-state index contributed by atoms with van der Waals surface area (Å²) < 4.78 is 4.32. The minimum Gasteiger partial charge on any atom is -0.330 e. The number of nitrogens with two attached hydrogens (primary N) is 1. The van der Waals surface area contributed by atoms with Crippen LogP contribution in [0, 0.1) is 0 Å². The van der Waals surface area contributed by atoms with Gasteiger partial charge < -0.3 is 5.73 Å². The van der Waals surface area contributed by atoms with Crippen molar-refractivity contribution in [2.75, 3.05) is 6.54 Å². The van der Waals surface area contributed by atoms with Gasteiger partial charge in [0.25, 0.3) is 0 Å². The monoisotopic (exact) mass is 170 g/mol. The molecule has 11 heavy (non-hydrogen) atoms. The molecule has 0 aromatic carbocycles. The molecule has 0 atom stereocenters. The molecular weight excluding hydrogens is 156 g/mol. The number of rotatable bonds is 3. The van der Waals surface area contributed by atoms with E-state index in [0.29, 0.717) is 5.92 Å². The summed E-state index contributed by atoms with van der Waals surface area (Å²) in [6.07, 6.45) is 0.963. The average Bonchev–Trinajstić information content (AvgIpc) is 2.37. The van der Waals surface area contributed by atoms with Crippen LogP contribution in [0.25, 0.3) is 0 Å². The minimum atomic E-state index is 0.540. The summed E-state index contributed by atoms with van der Waals surface area (Å²) >= 11 is 1.57. The summed E-state index contributed by atoms with van der Waals surface area (Å²) in [6.45, 7) is 5.03. The van der Waals surface area contributed by atoms with E-state index < -0.39 is 0 Å². The molecule has 0 amide bonds. The molecule has 0 fully saturated rings. The Morgan fingerprint density at radius 1 is 1.64 bits per heavy atom. The summed E-state index contributed by atoms with van der Waals surface area (Å²) in [5, 5.41) is 0. The first-order valence-electron chi connectivity index (χ1n) is 3.89. The number of nitrogens with zero attached hydrogens (tertiary/aromatic N) is 1. The van der Waals surface area contributed by atoms with Crippen LogP contribution >= 0.6 is 11.5 Å². The highest BCUT2D eigenvalue weighted by atomic mass is 32.1. The largest absolute Gasteiger partial charge is 0.330 e. The van der Waals surface area contributed by atoms with Gasteiger partial charge in [-0.25, -0.2) is 0 Å². The molecule has 0 aliphatic heterocycles. The molecule has 62 valence electrons. The highest BCUT2D eigenvalue weighted by Gasteiger charge is 2.03. The zero-order valence-corrected chi connectivity index (χ0v) is 7.82. The van der Waals surface area contributed by atoms with E-state index >= 15 is 0 Å². The van der Waals surface area contributed by atoms with Gasteiger partial charge in [0.2, 0.25) is 0 Å².